The Morgan fingerprint density at radius 3 is 2.48 bits per heavy atom. The highest BCUT2D eigenvalue weighted by Gasteiger charge is 2.27. The van der Waals surface area contributed by atoms with Crippen molar-refractivity contribution < 1.29 is 32.2 Å². The molecule has 210 valence electrons. The Balaban J connectivity index is 1.49. The van der Waals surface area contributed by atoms with Crippen LogP contribution in [0.5, 0.6) is 11.6 Å². The summed E-state index contributed by atoms with van der Waals surface area (Å²) in [6.07, 6.45) is 4.26. The molecule has 2 aromatic heterocycles. The van der Waals surface area contributed by atoms with Crippen LogP contribution in [-0.4, -0.2) is 39.6 Å². The molecular weight excluding hydrogens is 523 g/mol. The first-order chi connectivity index (χ1) is 19.0. The fraction of sp³-hybridized carbons (Fsp3) is 0.367. The van der Waals surface area contributed by atoms with Crippen molar-refractivity contribution in [1.82, 2.24) is 14.8 Å². The van der Waals surface area contributed by atoms with Gasteiger partial charge in [-0.3, -0.25) is 0 Å². The maximum absolute atomic E-state index is 14.9. The summed E-state index contributed by atoms with van der Waals surface area (Å²) in [4.78, 5) is 16.4. The zero-order valence-corrected chi connectivity index (χ0v) is 22.7. The zero-order chi connectivity index (χ0) is 28.6. The lowest BCUT2D eigenvalue weighted by atomic mass is 9.97. The van der Waals surface area contributed by atoms with Gasteiger partial charge < -0.3 is 14.2 Å². The first kappa shape index (κ1) is 27.5. The first-order valence-corrected chi connectivity index (χ1v) is 13.0. The Hall–Kier alpha value is -4.08. The lowest BCUT2D eigenvalue weighted by Gasteiger charge is -2.20. The molecule has 5 rings (SSSR count). The van der Waals surface area contributed by atoms with Crippen LogP contribution in [0.2, 0.25) is 0 Å². The third kappa shape index (κ3) is 6.05. The third-order valence-corrected chi connectivity index (χ3v) is 6.59. The molecular formula is C30H30F3N3O4. The Morgan fingerprint density at radius 2 is 1.82 bits per heavy atom. The standard InChI is InChI=1S/C30H30F3N3O4/c1-17-21(15-18-5-9-20(10-6-18)36-23(13-14-34-36)19-7-8-19)28(39-29(32)33)35-27-22(31)11-12-24(26(17)27)38-16-25(37)40-30(2,3)4/h5-6,9-14,19,29H,7-8,15-16H2,1-4H3. The van der Waals surface area contributed by atoms with E-state index in [1.165, 1.54) is 6.07 Å². The molecule has 0 unspecified atom stereocenters. The Labute approximate surface area is 229 Å². The molecule has 40 heavy (non-hydrogen) atoms. The van der Waals surface area contributed by atoms with Crippen molar-refractivity contribution in [2.24, 2.45) is 0 Å². The summed E-state index contributed by atoms with van der Waals surface area (Å²) >= 11 is 0. The largest absolute Gasteiger partial charge is 0.481 e. The quantitative estimate of drug-likeness (QED) is 0.216. The molecule has 0 N–H and O–H groups in total. The van der Waals surface area contributed by atoms with Crippen molar-refractivity contribution in [2.75, 3.05) is 6.61 Å². The summed E-state index contributed by atoms with van der Waals surface area (Å²) in [5, 5.41) is 4.71. The number of alkyl halides is 2. The van der Waals surface area contributed by atoms with Crippen LogP contribution in [0.25, 0.3) is 16.6 Å². The first-order valence-electron chi connectivity index (χ1n) is 13.0. The normalized spacial score (nSPS) is 13.6. The third-order valence-electron chi connectivity index (χ3n) is 6.59. The maximum Gasteiger partial charge on any atom is 0.388 e. The van der Waals surface area contributed by atoms with Crippen LogP contribution in [0, 0.1) is 12.7 Å². The smallest absolute Gasteiger partial charge is 0.388 e. The van der Waals surface area contributed by atoms with E-state index >= 15 is 0 Å². The van der Waals surface area contributed by atoms with E-state index in [0.29, 0.717) is 17.0 Å². The van der Waals surface area contributed by atoms with Crippen molar-refractivity contribution in [2.45, 2.75) is 65.1 Å². The van der Waals surface area contributed by atoms with Crippen LogP contribution in [0.15, 0.2) is 48.7 Å². The van der Waals surface area contributed by atoms with Crippen molar-refractivity contribution in [3.8, 4) is 17.3 Å². The summed E-state index contributed by atoms with van der Waals surface area (Å²) < 4.78 is 59.2. The van der Waals surface area contributed by atoms with Crippen LogP contribution in [0.3, 0.4) is 0 Å². The number of esters is 1. The minimum absolute atomic E-state index is 0.179. The molecule has 1 aliphatic carbocycles. The molecule has 0 atom stereocenters. The molecule has 1 aliphatic rings. The summed E-state index contributed by atoms with van der Waals surface area (Å²) in [6, 6.07) is 12.1. The number of pyridine rings is 1. The zero-order valence-electron chi connectivity index (χ0n) is 22.7. The van der Waals surface area contributed by atoms with Gasteiger partial charge in [0.05, 0.1) is 5.69 Å². The van der Waals surface area contributed by atoms with Crippen LogP contribution >= 0.6 is 0 Å². The topological polar surface area (TPSA) is 75.5 Å². The molecule has 0 amide bonds. The van der Waals surface area contributed by atoms with Gasteiger partial charge in [-0.15, -0.1) is 0 Å². The molecule has 0 aliphatic heterocycles. The van der Waals surface area contributed by atoms with Gasteiger partial charge in [-0.25, -0.2) is 18.9 Å². The molecule has 2 aromatic carbocycles. The van der Waals surface area contributed by atoms with Crippen molar-refractivity contribution in [3.63, 3.8) is 0 Å². The van der Waals surface area contributed by atoms with Gasteiger partial charge in [-0.1, -0.05) is 12.1 Å². The number of hydrogen-bond acceptors (Lipinski definition) is 6. The molecule has 0 bridgehead atoms. The second-order valence-corrected chi connectivity index (χ2v) is 10.8. The van der Waals surface area contributed by atoms with E-state index in [1.807, 2.05) is 35.0 Å². The number of carbonyl (C=O) groups is 1. The highest BCUT2D eigenvalue weighted by atomic mass is 19.3. The molecule has 4 aromatic rings. The Kier molecular flexibility index (Phi) is 7.44. The fourth-order valence-corrected chi connectivity index (χ4v) is 4.69. The van der Waals surface area contributed by atoms with Gasteiger partial charge in [-0.2, -0.15) is 13.9 Å². The average molecular weight is 554 g/mol. The molecule has 0 spiro atoms. The highest BCUT2D eigenvalue weighted by Crippen LogP contribution is 2.41. The summed E-state index contributed by atoms with van der Waals surface area (Å²) in [6.45, 7) is 3.29. The number of fused-ring (bicyclic) bond motifs is 1. The molecule has 10 heteroatoms. The van der Waals surface area contributed by atoms with Crippen LogP contribution in [0.1, 0.15) is 61.9 Å². The van der Waals surface area contributed by atoms with E-state index in [2.05, 4.69) is 10.1 Å². The van der Waals surface area contributed by atoms with Gasteiger partial charge in [-0.05, 0) is 82.0 Å². The average Bonchev–Trinajstić information content (AvgIpc) is 3.61. The molecule has 2 heterocycles. The number of halogens is 3. The number of ether oxygens (including phenoxy) is 3. The van der Waals surface area contributed by atoms with E-state index in [-0.39, 0.29) is 29.0 Å². The molecule has 1 fully saturated rings. The van der Waals surface area contributed by atoms with Crippen LogP contribution in [0.4, 0.5) is 13.2 Å². The van der Waals surface area contributed by atoms with Gasteiger partial charge in [0.25, 0.3) is 0 Å². The van der Waals surface area contributed by atoms with E-state index in [4.69, 9.17) is 14.2 Å². The minimum atomic E-state index is -3.15. The second kappa shape index (κ2) is 10.8. The fourth-order valence-electron chi connectivity index (χ4n) is 4.69. The van der Waals surface area contributed by atoms with E-state index in [1.54, 1.807) is 33.9 Å². The van der Waals surface area contributed by atoms with E-state index < -0.39 is 30.6 Å². The van der Waals surface area contributed by atoms with Gasteiger partial charge in [0.1, 0.15) is 22.7 Å². The van der Waals surface area contributed by atoms with E-state index in [0.717, 1.165) is 35.9 Å². The molecule has 1 saturated carbocycles. The van der Waals surface area contributed by atoms with Gasteiger partial charge in [0, 0.05) is 35.2 Å². The maximum atomic E-state index is 14.9. The number of aryl methyl sites for hydroxylation is 1. The van der Waals surface area contributed by atoms with Gasteiger partial charge in [0.2, 0.25) is 5.88 Å². The highest BCUT2D eigenvalue weighted by molar-refractivity contribution is 5.91. The number of carbonyl (C=O) groups excluding carboxylic acids is 1. The summed E-state index contributed by atoms with van der Waals surface area (Å²) in [7, 11) is 0. The molecule has 0 radical (unpaired) electrons. The van der Waals surface area contributed by atoms with Crippen molar-refractivity contribution in [1.29, 1.82) is 0 Å². The van der Waals surface area contributed by atoms with Crippen molar-refractivity contribution >= 4 is 16.9 Å². The van der Waals surface area contributed by atoms with Crippen LogP contribution < -0.4 is 9.47 Å². The number of nitrogens with zero attached hydrogens (tertiary/aromatic N) is 3. The van der Waals surface area contributed by atoms with Crippen LogP contribution in [-0.2, 0) is 16.0 Å². The van der Waals surface area contributed by atoms with Gasteiger partial charge >= 0.3 is 12.6 Å². The lowest BCUT2D eigenvalue weighted by Crippen LogP contribution is -2.27. The monoisotopic (exact) mass is 553 g/mol. The second-order valence-electron chi connectivity index (χ2n) is 10.8. The number of rotatable bonds is 9. The lowest BCUT2D eigenvalue weighted by molar-refractivity contribution is -0.157. The number of aromatic nitrogens is 3. The minimum Gasteiger partial charge on any atom is -0.481 e. The van der Waals surface area contributed by atoms with Gasteiger partial charge in [0.15, 0.2) is 6.61 Å². The Morgan fingerprint density at radius 1 is 1.10 bits per heavy atom. The molecule has 7 nitrogen and oxygen atoms in total. The number of benzene rings is 2. The summed E-state index contributed by atoms with van der Waals surface area (Å²) in [5.41, 5.74) is 2.77. The molecule has 0 saturated heterocycles. The summed E-state index contributed by atoms with van der Waals surface area (Å²) in [5.74, 6) is -0.997. The van der Waals surface area contributed by atoms with E-state index in [9.17, 15) is 18.0 Å². The predicted octanol–water partition coefficient (Wildman–Crippen LogP) is 6.66. The Bertz CT molecular complexity index is 1540. The SMILES string of the molecule is Cc1c(Cc2ccc(-n3nccc3C3CC3)cc2)c(OC(F)F)nc2c(F)ccc(OCC(=O)OC(C)(C)C)c12. The number of hydrogen-bond donors (Lipinski definition) is 0. The van der Waals surface area contributed by atoms with Crippen molar-refractivity contribution in [3.05, 3.63) is 76.9 Å². The predicted molar refractivity (Wildman–Crippen MR) is 143 cm³/mol.